The maximum Gasteiger partial charge on any atom is 0.263 e. The monoisotopic (exact) mass is 624 g/mol. The first kappa shape index (κ1) is 30.0. The van der Waals surface area contributed by atoms with Crippen molar-refractivity contribution in [3.63, 3.8) is 0 Å². The Balaban J connectivity index is 1.29. The van der Waals surface area contributed by atoms with E-state index in [0.717, 1.165) is 57.7 Å². The van der Waals surface area contributed by atoms with Gasteiger partial charge in [0.1, 0.15) is 11.8 Å². The van der Waals surface area contributed by atoms with E-state index in [1.807, 2.05) is 90.9 Å². The molecule has 47 heavy (non-hydrogen) atoms. The minimum absolute atomic E-state index is 0.0119. The van der Waals surface area contributed by atoms with Crippen molar-refractivity contribution in [1.82, 2.24) is 34.0 Å². The summed E-state index contributed by atoms with van der Waals surface area (Å²) in [5.74, 6) is 1.36. The fourth-order valence-corrected chi connectivity index (χ4v) is 6.66. The Labute approximate surface area is 272 Å². The third kappa shape index (κ3) is 5.45. The lowest BCUT2D eigenvalue weighted by molar-refractivity contribution is -0.135. The number of para-hydroxylation sites is 1. The van der Waals surface area contributed by atoms with Crippen LogP contribution in [-0.4, -0.2) is 53.0 Å². The molecule has 236 valence electrons. The minimum Gasteiger partial charge on any atom is -0.382 e. The number of hydrogen-bond donors (Lipinski definition) is 1. The van der Waals surface area contributed by atoms with Gasteiger partial charge in [0.05, 0.1) is 0 Å². The van der Waals surface area contributed by atoms with Crippen LogP contribution in [0.2, 0.25) is 0 Å². The number of rotatable bonds is 6. The van der Waals surface area contributed by atoms with E-state index in [2.05, 4.69) is 26.1 Å². The van der Waals surface area contributed by atoms with Crippen LogP contribution in [0.15, 0.2) is 96.3 Å². The lowest BCUT2D eigenvalue weighted by atomic mass is 9.92. The van der Waals surface area contributed by atoms with Gasteiger partial charge < -0.3 is 10.6 Å². The van der Waals surface area contributed by atoms with Gasteiger partial charge in [-0.1, -0.05) is 56.3 Å². The molecule has 0 radical (unpaired) electrons. The molecular weight excluding hydrogens is 588 g/mol. The molecule has 0 bridgehead atoms. The number of benzene rings is 2. The van der Waals surface area contributed by atoms with Gasteiger partial charge in [-0.2, -0.15) is 5.10 Å². The van der Waals surface area contributed by atoms with E-state index in [-0.39, 0.29) is 23.3 Å². The number of amides is 1. The predicted molar refractivity (Wildman–Crippen MR) is 183 cm³/mol. The van der Waals surface area contributed by atoms with E-state index in [9.17, 15) is 9.59 Å². The number of carbonyl (C=O) groups is 1. The molecule has 6 aromatic rings. The predicted octanol–water partition coefficient (Wildman–Crippen LogP) is 5.92. The first-order valence-electron chi connectivity index (χ1n) is 15.9. The standard InChI is InChI=1S/C37H36N8O2/c1-23(2)36(46)43-18-14-27(15-19-43)32-21-30(33-34(38)41-22-42-45(32)33)25-10-12-26(13-11-25)31-20-29(35-39-16-7-17-40-35)24(3)44(37(31)47)28-8-5-4-6-9-28/h4-13,16-17,20-23,27H,14-15,18-19H2,1-3H3,(H2,38,41,42). The highest BCUT2D eigenvalue weighted by Crippen LogP contribution is 2.37. The fraction of sp³-hybridized carbons (Fsp3) is 0.243. The van der Waals surface area contributed by atoms with E-state index in [0.29, 0.717) is 30.3 Å². The van der Waals surface area contributed by atoms with E-state index >= 15 is 0 Å². The maximum atomic E-state index is 14.1. The van der Waals surface area contributed by atoms with E-state index < -0.39 is 0 Å². The van der Waals surface area contributed by atoms with Crippen LogP contribution in [0.1, 0.15) is 44.0 Å². The average Bonchev–Trinajstić information content (AvgIpc) is 3.50. The molecule has 0 atom stereocenters. The van der Waals surface area contributed by atoms with Crippen LogP contribution in [0.3, 0.4) is 0 Å². The summed E-state index contributed by atoms with van der Waals surface area (Å²) in [7, 11) is 0. The highest BCUT2D eigenvalue weighted by atomic mass is 16.2. The molecule has 5 heterocycles. The second kappa shape index (κ2) is 12.3. The number of pyridine rings is 1. The van der Waals surface area contributed by atoms with Crippen LogP contribution >= 0.6 is 0 Å². The summed E-state index contributed by atoms with van der Waals surface area (Å²) in [6, 6.07) is 23.4. The molecule has 10 nitrogen and oxygen atoms in total. The second-order valence-corrected chi connectivity index (χ2v) is 12.3. The Morgan fingerprint density at radius 3 is 2.17 bits per heavy atom. The SMILES string of the molecule is Cc1c(-c2ncccn2)cc(-c2ccc(-c3cc(C4CCN(C(=O)C(C)C)CC4)n4ncnc(N)c34)cc2)c(=O)n1-c1ccccc1. The number of anilines is 1. The molecule has 1 saturated heterocycles. The highest BCUT2D eigenvalue weighted by Gasteiger charge is 2.28. The normalized spacial score (nSPS) is 13.8. The quantitative estimate of drug-likeness (QED) is 0.244. The first-order chi connectivity index (χ1) is 22.8. The largest absolute Gasteiger partial charge is 0.382 e. The van der Waals surface area contributed by atoms with Crippen LogP contribution in [0, 0.1) is 12.8 Å². The summed E-state index contributed by atoms with van der Waals surface area (Å²) >= 11 is 0. The lowest BCUT2D eigenvalue weighted by Gasteiger charge is -2.33. The van der Waals surface area contributed by atoms with Crippen molar-refractivity contribution in [2.75, 3.05) is 18.8 Å². The summed E-state index contributed by atoms with van der Waals surface area (Å²) in [6.45, 7) is 7.24. The Morgan fingerprint density at radius 1 is 0.851 bits per heavy atom. The van der Waals surface area contributed by atoms with Crippen molar-refractivity contribution in [3.05, 3.63) is 113 Å². The molecule has 0 spiro atoms. The molecular formula is C37H36N8O2. The third-order valence-corrected chi connectivity index (χ3v) is 9.10. The van der Waals surface area contributed by atoms with Crippen molar-refractivity contribution in [2.45, 2.75) is 39.5 Å². The molecule has 2 aromatic carbocycles. The summed E-state index contributed by atoms with van der Waals surface area (Å²) in [5, 5.41) is 4.60. The Hall–Kier alpha value is -5.64. The lowest BCUT2D eigenvalue weighted by Crippen LogP contribution is -2.40. The Bertz CT molecular complexity index is 2130. The van der Waals surface area contributed by atoms with Gasteiger partial charge in [-0.05, 0) is 61.2 Å². The zero-order valence-corrected chi connectivity index (χ0v) is 26.7. The molecule has 1 aliphatic heterocycles. The minimum atomic E-state index is -0.127. The van der Waals surface area contributed by atoms with Crippen LogP contribution in [-0.2, 0) is 4.79 Å². The summed E-state index contributed by atoms with van der Waals surface area (Å²) in [5.41, 5.74) is 13.6. The number of carbonyl (C=O) groups excluding carboxylic acids is 1. The van der Waals surface area contributed by atoms with Gasteiger partial charge in [-0.3, -0.25) is 14.2 Å². The van der Waals surface area contributed by atoms with Crippen LogP contribution < -0.4 is 11.3 Å². The number of fused-ring (bicyclic) bond motifs is 1. The van der Waals surface area contributed by atoms with Gasteiger partial charge in [0.25, 0.3) is 5.56 Å². The maximum absolute atomic E-state index is 14.1. The molecule has 1 amide bonds. The van der Waals surface area contributed by atoms with Crippen LogP contribution in [0.5, 0.6) is 0 Å². The zero-order valence-electron chi connectivity index (χ0n) is 26.7. The van der Waals surface area contributed by atoms with E-state index in [1.54, 1.807) is 23.0 Å². The number of nitrogens with zero attached hydrogens (tertiary/aromatic N) is 7. The van der Waals surface area contributed by atoms with Gasteiger partial charge in [-0.15, -0.1) is 0 Å². The molecule has 0 saturated carbocycles. The molecule has 2 N–H and O–H groups in total. The Morgan fingerprint density at radius 2 is 1.51 bits per heavy atom. The summed E-state index contributed by atoms with van der Waals surface area (Å²) < 4.78 is 3.63. The van der Waals surface area contributed by atoms with Gasteiger partial charge in [-0.25, -0.2) is 19.5 Å². The van der Waals surface area contributed by atoms with Gasteiger partial charge in [0.15, 0.2) is 11.6 Å². The van der Waals surface area contributed by atoms with E-state index in [4.69, 9.17) is 5.73 Å². The van der Waals surface area contributed by atoms with Crippen molar-refractivity contribution in [3.8, 4) is 39.3 Å². The molecule has 1 aliphatic rings. The fourth-order valence-electron chi connectivity index (χ4n) is 6.66. The van der Waals surface area contributed by atoms with Crippen molar-refractivity contribution in [2.24, 2.45) is 5.92 Å². The van der Waals surface area contributed by atoms with Crippen molar-refractivity contribution >= 4 is 17.2 Å². The van der Waals surface area contributed by atoms with Gasteiger partial charge in [0, 0.05) is 71.1 Å². The number of hydrogen-bond acceptors (Lipinski definition) is 7. The molecule has 10 heteroatoms. The van der Waals surface area contributed by atoms with Crippen molar-refractivity contribution in [1.29, 1.82) is 0 Å². The average molecular weight is 625 g/mol. The molecule has 1 fully saturated rings. The number of aromatic nitrogens is 6. The zero-order chi connectivity index (χ0) is 32.7. The van der Waals surface area contributed by atoms with Gasteiger partial charge in [0.2, 0.25) is 5.91 Å². The smallest absolute Gasteiger partial charge is 0.263 e. The number of likely N-dealkylation sites (tertiary alicyclic amines) is 1. The van der Waals surface area contributed by atoms with E-state index in [1.165, 1.54) is 6.33 Å². The molecule has 7 rings (SSSR count). The van der Waals surface area contributed by atoms with Crippen LogP contribution in [0.4, 0.5) is 5.82 Å². The number of nitrogens with two attached hydrogens (primary N) is 1. The molecule has 0 aliphatic carbocycles. The number of nitrogen functional groups attached to an aromatic ring is 1. The van der Waals surface area contributed by atoms with Crippen LogP contribution in [0.25, 0.3) is 44.8 Å². The molecule has 4 aromatic heterocycles. The van der Waals surface area contributed by atoms with Gasteiger partial charge >= 0.3 is 0 Å². The van der Waals surface area contributed by atoms with Crippen molar-refractivity contribution < 1.29 is 4.79 Å². The summed E-state index contributed by atoms with van der Waals surface area (Å²) in [4.78, 5) is 41.9. The third-order valence-electron chi connectivity index (χ3n) is 9.10. The Kier molecular flexibility index (Phi) is 7.85. The first-order valence-corrected chi connectivity index (χ1v) is 15.9. The summed E-state index contributed by atoms with van der Waals surface area (Å²) in [6.07, 6.45) is 6.59. The topological polar surface area (TPSA) is 124 Å². The second-order valence-electron chi connectivity index (χ2n) is 12.3. The highest BCUT2D eigenvalue weighted by molar-refractivity contribution is 5.89. The molecule has 0 unspecified atom stereocenters. The number of piperidine rings is 1.